The first-order valence-corrected chi connectivity index (χ1v) is 13.7. The third-order valence-corrected chi connectivity index (χ3v) is 7.70. The van der Waals surface area contributed by atoms with Crippen molar-refractivity contribution >= 4 is 11.3 Å². The Morgan fingerprint density at radius 1 is 1.03 bits per heavy atom. The molecule has 2 aromatic heterocycles. The van der Waals surface area contributed by atoms with Gasteiger partial charge in [0.25, 0.3) is 5.88 Å². The van der Waals surface area contributed by atoms with Crippen molar-refractivity contribution < 1.29 is 9.47 Å². The molecule has 39 heavy (non-hydrogen) atoms. The Labute approximate surface area is 229 Å². The van der Waals surface area contributed by atoms with Gasteiger partial charge in [0, 0.05) is 50.1 Å². The molecule has 0 spiro atoms. The molecule has 0 aliphatic carbocycles. The van der Waals surface area contributed by atoms with E-state index in [9.17, 15) is 0 Å². The van der Waals surface area contributed by atoms with Crippen LogP contribution in [0.3, 0.4) is 0 Å². The Balaban J connectivity index is 1.37. The highest BCUT2D eigenvalue weighted by molar-refractivity contribution is 5.82. The Kier molecular flexibility index (Phi) is 7.55. The van der Waals surface area contributed by atoms with Gasteiger partial charge in [-0.3, -0.25) is 9.30 Å². The minimum Gasteiger partial charge on any atom is -0.475 e. The van der Waals surface area contributed by atoms with Gasteiger partial charge in [-0.2, -0.15) is 0 Å². The van der Waals surface area contributed by atoms with Crippen molar-refractivity contribution in [3.8, 4) is 28.4 Å². The monoisotopic (exact) mass is 522 g/mol. The number of rotatable bonds is 7. The summed E-state index contributed by atoms with van der Waals surface area (Å²) in [5, 5.41) is 0. The minimum absolute atomic E-state index is 0.473. The lowest BCUT2D eigenvalue weighted by Crippen LogP contribution is -2.35. The Hall–Kier alpha value is -3.77. The quantitative estimate of drug-likeness (QED) is 0.312. The van der Waals surface area contributed by atoms with Crippen LogP contribution in [0.5, 0.6) is 5.88 Å². The van der Waals surface area contributed by atoms with Crippen LogP contribution in [-0.4, -0.2) is 77.2 Å². The van der Waals surface area contributed by atoms with Gasteiger partial charge < -0.3 is 14.4 Å². The van der Waals surface area contributed by atoms with E-state index in [1.165, 1.54) is 12.0 Å². The van der Waals surface area contributed by atoms with Crippen LogP contribution < -0.4 is 4.74 Å². The summed E-state index contributed by atoms with van der Waals surface area (Å²) < 4.78 is 14.0. The predicted octanol–water partition coefficient (Wildman–Crippen LogP) is 5.17. The molecule has 8 heteroatoms. The zero-order chi connectivity index (χ0) is 26.6. The van der Waals surface area contributed by atoms with E-state index in [1.54, 1.807) is 6.20 Å². The average Bonchev–Trinajstić information content (AvgIpc) is 3.47. The van der Waals surface area contributed by atoms with Gasteiger partial charge in [0.2, 0.25) is 5.65 Å². The molecule has 2 saturated heterocycles. The lowest BCUT2D eigenvalue weighted by Gasteiger charge is -2.29. The molecule has 2 aromatic carbocycles. The van der Waals surface area contributed by atoms with Gasteiger partial charge in [0.1, 0.15) is 0 Å². The summed E-state index contributed by atoms with van der Waals surface area (Å²) in [5.74, 6) is 1.02. The smallest absolute Gasteiger partial charge is 0.259 e. The number of hydrogen-bond acceptors (Lipinski definition) is 6. The molecular formula is C31H34N6O2. The zero-order valence-electron chi connectivity index (χ0n) is 22.4. The van der Waals surface area contributed by atoms with Crippen molar-refractivity contribution in [2.45, 2.75) is 19.4 Å². The number of likely N-dealkylation sites (tertiary alicyclic amines) is 1. The van der Waals surface area contributed by atoms with Crippen LogP contribution in [-0.2, 0) is 11.3 Å². The summed E-state index contributed by atoms with van der Waals surface area (Å²) in [6.07, 6.45) is 6.14. The van der Waals surface area contributed by atoms with Gasteiger partial charge in [0.15, 0.2) is 5.69 Å². The summed E-state index contributed by atoms with van der Waals surface area (Å²) in [4.78, 5) is 18.1. The number of piperidine rings is 1. The molecule has 8 nitrogen and oxygen atoms in total. The Morgan fingerprint density at radius 3 is 2.54 bits per heavy atom. The summed E-state index contributed by atoms with van der Waals surface area (Å²) >= 11 is 0. The van der Waals surface area contributed by atoms with Gasteiger partial charge in [0.05, 0.1) is 37.8 Å². The first-order valence-electron chi connectivity index (χ1n) is 13.7. The fourth-order valence-corrected chi connectivity index (χ4v) is 5.62. The van der Waals surface area contributed by atoms with Crippen molar-refractivity contribution in [2.24, 2.45) is 5.92 Å². The third kappa shape index (κ3) is 5.66. The number of benzene rings is 2. The second-order valence-electron chi connectivity index (χ2n) is 10.6. The second-order valence-corrected chi connectivity index (χ2v) is 10.6. The second kappa shape index (κ2) is 11.5. The summed E-state index contributed by atoms with van der Waals surface area (Å²) in [6.45, 7) is 14.6. The summed E-state index contributed by atoms with van der Waals surface area (Å²) in [7, 11) is 2.17. The average molecular weight is 523 g/mol. The van der Waals surface area contributed by atoms with Crippen LogP contribution in [0.25, 0.3) is 33.0 Å². The highest BCUT2D eigenvalue weighted by Crippen LogP contribution is 2.36. The predicted molar refractivity (Wildman–Crippen MR) is 152 cm³/mol. The molecule has 1 atom stereocenters. The van der Waals surface area contributed by atoms with Crippen molar-refractivity contribution in [3.05, 3.63) is 77.9 Å². The molecule has 4 aromatic rings. The maximum Gasteiger partial charge on any atom is 0.259 e. The van der Waals surface area contributed by atoms with E-state index < -0.39 is 0 Å². The molecule has 0 unspecified atom stereocenters. The van der Waals surface area contributed by atoms with Crippen LogP contribution >= 0.6 is 0 Å². The van der Waals surface area contributed by atoms with Gasteiger partial charge in [-0.05, 0) is 37.6 Å². The number of hydrogen-bond donors (Lipinski definition) is 0. The molecular weight excluding hydrogens is 488 g/mol. The number of imidazole rings is 1. The molecule has 0 amide bonds. The standard InChI is InChI=1S/C31H34N6O2/c1-32-27-11-9-25(10-12-27)28-29(26-7-5-23(6-8-26)21-36-16-18-38-19-17-36)37-15-13-33-30(37)31(34-28)39-22-24-4-3-14-35(2)20-24/h5-13,15,24H,3-4,14,16-22H2,2H3/t24-/m1/s1. The summed E-state index contributed by atoms with van der Waals surface area (Å²) in [5.41, 5.74) is 6.36. The minimum atomic E-state index is 0.473. The molecule has 0 saturated carbocycles. The SMILES string of the molecule is [C-]#[N+]c1ccc(-c2nc(OC[C@@H]3CCCN(C)C3)c3nccn3c2-c2ccc(CN3CCOCC3)cc2)cc1. The number of morpholine rings is 1. The van der Waals surface area contributed by atoms with Crippen molar-refractivity contribution in [1.82, 2.24) is 24.2 Å². The number of ether oxygens (including phenoxy) is 2. The molecule has 200 valence electrons. The van der Waals surface area contributed by atoms with Crippen molar-refractivity contribution in [2.75, 3.05) is 53.0 Å². The normalized spacial score (nSPS) is 18.7. The lowest BCUT2D eigenvalue weighted by atomic mass is 10.00. The topological polar surface area (TPSA) is 59.5 Å². The van der Waals surface area contributed by atoms with Crippen LogP contribution in [0.1, 0.15) is 18.4 Å². The highest BCUT2D eigenvalue weighted by Gasteiger charge is 2.22. The van der Waals surface area contributed by atoms with E-state index in [0.717, 1.165) is 74.9 Å². The molecule has 0 N–H and O–H groups in total. The lowest BCUT2D eigenvalue weighted by molar-refractivity contribution is 0.0342. The largest absolute Gasteiger partial charge is 0.475 e. The molecule has 2 aliphatic rings. The van der Waals surface area contributed by atoms with Gasteiger partial charge in [-0.25, -0.2) is 14.8 Å². The van der Waals surface area contributed by atoms with Crippen LogP contribution in [0.4, 0.5) is 5.69 Å². The van der Waals surface area contributed by atoms with Crippen LogP contribution in [0.2, 0.25) is 0 Å². The zero-order valence-corrected chi connectivity index (χ0v) is 22.4. The van der Waals surface area contributed by atoms with E-state index >= 15 is 0 Å². The maximum absolute atomic E-state index is 7.36. The molecule has 2 aliphatic heterocycles. The van der Waals surface area contributed by atoms with Crippen molar-refractivity contribution in [1.29, 1.82) is 0 Å². The van der Waals surface area contributed by atoms with E-state index in [0.29, 0.717) is 29.7 Å². The van der Waals surface area contributed by atoms with E-state index in [2.05, 4.69) is 55.3 Å². The van der Waals surface area contributed by atoms with E-state index in [4.69, 9.17) is 21.0 Å². The fourth-order valence-electron chi connectivity index (χ4n) is 5.62. The van der Waals surface area contributed by atoms with Gasteiger partial charge in [-0.15, -0.1) is 0 Å². The number of fused-ring (bicyclic) bond motifs is 1. The number of nitrogens with zero attached hydrogens (tertiary/aromatic N) is 6. The molecule has 2 fully saturated rings. The first kappa shape index (κ1) is 25.5. The molecule has 0 radical (unpaired) electrons. The van der Waals surface area contributed by atoms with E-state index in [-0.39, 0.29) is 0 Å². The Morgan fingerprint density at radius 2 is 1.79 bits per heavy atom. The fraction of sp³-hybridized carbons (Fsp3) is 0.387. The molecule has 6 rings (SSSR count). The first-order chi connectivity index (χ1) is 19.2. The van der Waals surface area contributed by atoms with E-state index in [1.807, 2.05) is 30.5 Å². The molecule has 4 heterocycles. The molecule has 0 bridgehead atoms. The number of aromatic nitrogens is 3. The third-order valence-electron chi connectivity index (χ3n) is 7.70. The highest BCUT2D eigenvalue weighted by atomic mass is 16.5. The van der Waals surface area contributed by atoms with Crippen LogP contribution in [0, 0.1) is 12.5 Å². The summed E-state index contributed by atoms with van der Waals surface area (Å²) in [6, 6.07) is 16.4. The Bertz CT molecular complexity index is 1450. The van der Waals surface area contributed by atoms with Crippen molar-refractivity contribution in [3.63, 3.8) is 0 Å². The van der Waals surface area contributed by atoms with Gasteiger partial charge >= 0.3 is 0 Å². The van der Waals surface area contributed by atoms with Crippen LogP contribution in [0.15, 0.2) is 60.9 Å². The van der Waals surface area contributed by atoms with Gasteiger partial charge in [-0.1, -0.05) is 48.5 Å². The maximum atomic E-state index is 7.36.